The predicted octanol–water partition coefficient (Wildman–Crippen LogP) is 6.16. The zero-order valence-electron chi connectivity index (χ0n) is 14.0. The van der Waals surface area contributed by atoms with Gasteiger partial charge in [-0.1, -0.05) is 72.8 Å². The van der Waals surface area contributed by atoms with Crippen molar-refractivity contribution in [3.63, 3.8) is 0 Å². The summed E-state index contributed by atoms with van der Waals surface area (Å²) in [5.41, 5.74) is 1.47. The minimum absolute atomic E-state index is 0.132. The van der Waals surface area contributed by atoms with Crippen LogP contribution in [0.25, 0.3) is 32.7 Å². The molecule has 0 spiro atoms. The fourth-order valence-electron chi connectivity index (χ4n) is 3.30. The highest BCUT2D eigenvalue weighted by atomic mass is 19.4. The lowest BCUT2D eigenvalue weighted by molar-refractivity contribution is -0.167. The van der Waals surface area contributed by atoms with Gasteiger partial charge < -0.3 is 5.32 Å². The zero-order chi connectivity index (χ0) is 19.0. The summed E-state index contributed by atoms with van der Waals surface area (Å²) < 4.78 is 38.5. The number of fused-ring (bicyclic) bond motifs is 2. The summed E-state index contributed by atoms with van der Waals surface area (Å²) in [7, 11) is 0. The van der Waals surface area contributed by atoms with Gasteiger partial charge in [-0.2, -0.15) is 13.2 Å². The number of benzene rings is 4. The van der Waals surface area contributed by atoms with Crippen LogP contribution in [0, 0.1) is 0 Å². The van der Waals surface area contributed by atoms with E-state index >= 15 is 0 Å². The van der Waals surface area contributed by atoms with Crippen molar-refractivity contribution < 1.29 is 18.0 Å². The van der Waals surface area contributed by atoms with Crippen molar-refractivity contribution in [2.45, 2.75) is 6.18 Å². The van der Waals surface area contributed by atoms with Gasteiger partial charge in [0, 0.05) is 11.3 Å². The molecular formula is C22H14F3NO. The predicted molar refractivity (Wildman–Crippen MR) is 102 cm³/mol. The van der Waals surface area contributed by atoms with Gasteiger partial charge in [0.1, 0.15) is 0 Å². The Morgan fingerprint density at radius 1 is 0.704 bits per heavy atom. The lowest BCUT2D eigenvalue weighted by Crippen LogP contribution is -2.30. The van der Waals surface area contributed by atoms with Crippen LogP contribution in [0.2, 0.25) is 0 Å². The van der Waals surface area contributed by atoms with Crippen LogP contribution in [-0.2, 0) is 4.79 Å². The monoisotopic (exact) mass is 365 g/mol. The van der Waals surface area contributed by atoms with E-state index in [1.807, 2.05) is 72.0 Å². The molecule has 0 saturated heterocycles. The number of alkyl halides is 3. The summed E-state index contributed by atoms with van der Waals surface area (Å²) in [5, 5.41) is 5.56. The van der Waals surface area contributed by atoms with Gasteiger partial charge in [-0.15, -0.1) is 0 Å². The van der Waals surface area contributed by atoms with E-state index in [9.17, 15) is 18.0 Å². The molecule has 0 fully saturated rings. The lowest BCUT2D eigenvalue weighted by Gasteiger charge is -2.17. The summed E-state index contributed by atoms with van der Waals surface area (Å²) in [6.45, 7) is 0. The molecular weight excluding hydrogens is 351 g/mol. The number of amides is 1. The lowest BCUT2D eigenvalue weighted by atomic mass is 9.92. The Bertz CT molecular complexity index is 1160. The fourth-order valence-corrected chi connectivity index (χ4v) is 3.30. The molecule has 0 unspecified atom stereocenters. The molecule has 0 radical (unpaired) electrons. The van der Waals surface area contributed by atoms with Gasteiger partial charge in [0.15, 0.2) is 0 Å². The third-order valence-electron chi connectivity index (χ3n) is 4.49. The average Bonchev–Trinajstić information content (AvgIpc) is 2.67. The number of carbonyl (C=O) groups is 1. The van der Waals surface area contributed by atoms with E-state index in [0.717, 1.165) is 27.1 Å². The van der Waals surface area contributed by atoms with Gasteiger partial charge in [-0.05, 0) is 33.2 Å². The summed E-state index contributed by atoms with van der Waals surface area (Å²) in [4.78, 5) is 11.6. The molecule has 0 aliphatic heterocycles. The molecule has 4 aromatic rings. The molecule has 134 valence electrons. The van der Waals surface area contributed by atoms with Crippen LogP contribution in [0.3, 0.4) is 0 Å². The third-order valence-corrected chi connectivity index (χ3v) is 4.49. The first-order chi connectivity index (χ1) is 12.9. The summed E-state index contributed by atoms with van der Waals surface area (Å²) in [6.07, 6.45) is -4.96. The first kappa shape index (κ1) is 17.1. The van der Waals surface area contributed by atoms with Crippen molar-refractivity contribution in [1.82, 2.24) is 0 Å². The standard InChI is InChI=1S/C22H14F3NO/c23-22(24,25)21(27)26-19-13-12-15-7-2-4-10-17(15)20(19)18-11-5-8-14-6-1-3-9-16(14)18/h1-13H,(H,26,27). The van der Waals surface area contributed by atoms with Crippen LogP contribution in [0.15, 0.2) is 78.9 Å². The highest BCUT2D eigenvalue weighted by molar-refractivity contribution is 6.12. The Kier molecular flexibility index (Phi) is 4.07. The second kappa shape index (κ2) is 6.43. The number of nitrogens with one attached hydrogen (secondary N) is 1. The first-order valence-corrected chi connectivity index (χ1v) is 8.33. The van der Waals surface area contributed by atoms with Crippen LogP contribution < -0.4 is 5.32 Å². The van der Waals surface area contributed by atoms with Gasteiger partial charge in [0.2, 0.25) is 0 Å². The molecule has 0 heterocycles. The normalized spacial score (nSPS) is 11.7. The van der Waals surface area contributed by atoms with E-state index in [0.29, 0.717) is 5.56 Å². The van der Waals surface area contributed by atoms with Gasteiger partial charge in [0.05, 0.1) is 0 Å². The highest BCUT2D eigenvalue weighted by Crippen LogP contribution is 2.39. The molecule has 1 N–H and O–H groups in total. The number of rotatable bonds is 2. The molecule has 0 aliphatic carbocycles. The number of anilines is 1. The first-order valence-electron chi connectivity index (χ1n) is 8.33. The molecule has 0 bridgehead atoms. The minimum Gasteiger partial charge on any atom is -0.318 e. The van der Waals surface area contributed by atoms with Gasteiger partial charge in [0.25, 0.3) is 0 Å². The molecule has 1 amide bonds. The second-order valence-electron chi connectivity index (χ2n) is 6.19. The van der Waals surface area contributed by atoms with Crippen molar-refractivity contribution in [2.24, 2.45) is 0 Å². The Morgan fingerprint density at radius 2 is 1.30 bits per heavy atom. The molecule has 0 saturated carbocycles. The second-order valence-corrected chi connectivity index (χ2v) is 6.19. The molecule has 4 rings (SSSR count). The SMILES string of the molecule is O=C(Nc1ccc2ccccc2c1-c1cccc2ccccc12)C(F)(F)F. The molecule has 4 aromatic carbocycles. The van der Waals surface area contributed by atoms with Gasteiger partial charge in [-0.3, -0.25) is 4.79 Å². The van der Waals surface area contributed by atoms with Crippen molar-refractivity contribution >= 4 is 33.1 Å². The van der Waals surface area contributed by atoms with E-state index in [-0.39, 0.29) is 5.69 Å². The fraction of sp³-hybridized carbons (Fsp3) is 0.0455. The molecule has 0 aliphatic rings. The van der Waals surface area contributed by atoms with Crippen LogP contribution in [0.4, 0.5) is 18.9 Å². The molecule has 27 heavy (non-hydrogen) atoms. The van der Waals surface area contributed by atoms with E-state index in [4.69, 9.17) is 0 Å². The average molecular weight is 365 g/mol. The summed E-state index contributed by atoms with van der Waals surface area (Å²) in [5.74, 6) is -1.99. The Labute approximate surface area is 153 Å². The van der Waals surface area contributed by atoms with E-state index in [1.54, 1.807) is 6.07 Å². The van der Waals surface area contributed by atoms with Crippen LogP contribution in [0.1, 0.15) is 0 Å². The minimum atomic E-state index is -4.96. The van der Waals surface area contributed by atoms with Crippen LogP contribution >= 0.6 is 0 Å². The maximum Gasteiger partial charge on any atom is 0.471 e. The topological polar surface area (TPSA) is 29.1 Å². The largest absolute Gasteiger partial charge is 0.471 e. The highest BCUT2D eigenvalue weighted by Gasteiger charge is 2.39. The number of halogens is 3. The maximum absolute atomic E-state index is 12.8. The summed E-state index contributed by atoms with van der Waals surface area (Å²) >= 11 is 0. The van der Waals surface area contributed by atoms with Crippen LogP contribution in [-0.4, -0.2) is 12.1 Å². The molecule has 0 aromatic heterocycles. The zero-order valence-corrected chi connectivity index (χ0v) is 14.0. The molecule has 2 nitrogen and oxygen atoms in total. The van der Waals surface area contributed by atoms with Crippen molar-refractivity contribution in [3.05, 3.63) is 78.9 Å². The Morgan fingerprint density at radius 3 is 2.00 bits per heavy atom. The number of hydrogen-bond acceptors (Lipinski definition) is 1. The summed E-state index contributed by atoms with van der Waals surface area (Å²) in [6, 6.07) is 23.9. The van der Waals surface area contributed by atoms with E-state index in [1.165, 1.54) is 6.07 Å². The van der Waals surface area contributed by atoms with Gasteiger partial charge >= 0.3 is 12.1 Å². The Hall–Kier alpha value is -3.34. The number of hydrogen-bond donors (Lipinski definition) is 1. The van der Waals surface area contributed by atoms with Crippen molar-refractivity contribution in [2.75, 3.05) is 5.32 Å². The smallest absolute Gasteiger partial charge is 0.318 e. The van der Waals surface area contributed by atoms with Crippen LogP contribution in [0.5, 0.6) is 0 Å². The number of carbonyl (C=O) groups excluding carboxylic acids is 1. The third kappa shape index (κ3) is 3.12. The van der Waals surface area contributed by atoms with Crippen molar-refractivity contribution in [1.29, 1.82) is 0 Å². The van der Waals surface area contributed by atoms with Crippen molar-refractivity contribution in [3.8, 4) is 11.1 Å². The quantitative estimate of drug-likeness (QED) is 0.453. The van der Waals surface area contributed by atoms with Gasteiger partial charge in [-0.25, -0.2) is 0 Å². The molecule has 0 atom stereocenters. The maximum atomic E-state index is 12.8. The Balaban J connectivity index is 2.02. The molecule has 5 heteroatoms. The van der Waals surface area contributed by atoms with E-state index < -0.39 is 12.1 Å². The van der Waals surface area contributed by atoms with E-state index in [2.05, 4.69) is 0 Å².